The number of aryl methyl sites for hydroxylation is 1. The molecule has 0 amide bonds. The maximum atomic E-state index is 13.3. The van der Waals surface area contributed by atoms with Gasteiger partial charge in [-0.1, -0.05) is 6.07 Å². The molecule has 11 heteroatoms. The molecule has 1 aliphatic rings. The Balaban J connectivity index is 2.07. The zero-order valence-electron chi connectivity index (χ0n) is 16.5. The Hall–Kier alpha value is -3.08. The van der Waals surface area contributed by atoms with Crippen molar-refractivity contribution in [1.82, 2.24) is 18.7 Å². The fraction of sp³-hybridized carbons (Fsp3) is 0.421. The van der Waals surface area contributed by atoms with Gasteiger partial charge in [0.1, 0.15) is 0 Å². The van der Waals surface area contributed by atoms with Crippen molar-refractivity contribution in [3.63, 3.8) is 0 Å². The van der Waals surface area contributed by atoms with Crippen molar-refractivity contribution in [2.24, 2.45) is 19.8 Å². The van der Waals surface area contributed by atoms with E-state index in [0.717, 1.165) is 29.5 Å². The third-order valence-corrected chi connectivity index (χ3v) is 5.41. The molecule has 2 N–H and O–H groups in total. The summed E-state index contributed by atoms with van der Waals surface area (Å²) in [6.07, 6.45) is -2.94. The first-order chi connectivity index (χ1) is 14.1. The van der Waals surface area contributed by atoms with E-state index in [1.54, 1.807) is 0 Å². The van der Waals surface area contributed by atoms with Gasteiger partial charge in [-0.2, -0.15) is 18.2 Å². The average molecular weight is 422 g/mol. The van der Waals surface area contributed by atoms with Crippen LogP contribution < -0.4 is 21.9 Å². The number of nitrogens with zero attached hydrogens (tertiary/aromatic N) is 5. The van der Waals surface area contributed by atoms with Crippen LogP contribution in [0, 0.1) is 0 Å². The highest BCUT2D eigenvalue weighted by Crippen LogP contribution is 2.33. The first kappa shape index (κ1) is 20.2. The molecule has 2 aromatic heterocycles. The number of hydrogen-bond donors (Lipinski definition) is 1. The molecule has 1 aromatic carbocycles. The van der Waals surface area contributed by atoms with Crippen LogP contribution in [-0.4, -0.2) is 37.8 Å². The second-order valence-electron chi connectivity index (χ2n) is 7.52. The van der Waals surface area contributed by atoms with E-state index >= 15 is 0 Å². The third kappa shape index (κ3) is 3.18. The Morgan fingerprint density at radius 1 is 1.17 bits per heavy atom. The minimum absolute atomic E-state index is 0.0352. The molecule has 3 aromatic rings. The van der Waals surface area contributed by atoms with E-state index in [0.29, 0.717) is 13.1 Å². The van der Waals surface area contributed by atoms with Crippen molar-refractivity contribution in [2.45, 2.75) is 25.1 Å². The van der Waals surface area contributed by atoms with Gasteiger partial charge in [-0.25, -0.2) is 4.79 Å². The molecule has 0 spiro atoms. The molecule has 8 nitrogen and oxygen atoms in total. The van der Waals surface area contributed by atoms with E-state index in [-0.39, 0.29) is 28.8 Å². The molecule has 0 aliphatic carbocycles. The molecular formula is C19H21F3N6O2. The van der Waals surface area contributed by atoms with Crippen LogP contribution in [0.25, 0.3) is 16.9 Å². The summed E-state index contributed by atoms with van der Waals surface area (Å²) in [6.45, 7) is 1.03. The highest BCUT2D eigenvalue weighted by molar-refractivity contribution is 5.78. The van der Waals surface area contributed by atoms with Crippen molar-refractivity contribution in [3.05, 3.63) is 50.7 Å². The lowest BCUT2D eigenvalue weighted by Gasteiger charge is -2.31. The summed E-state index contributed by atoms with van der Waals surface area (Å²) in [7, 11) is 2.80. The van der Waals surface area contributed by atoms with E-state index in [9.17, 15) is 22.8 Å². The maximum absolute atomic E-state index is 13.3. The fourth-order valence-electron chi connectivity index (χ4n) is 3.85. The topological polar surface area (TPSA) is 91.1 Å². The lowest BCUT2D eigenvalue weighted by molar-refractivity contribution is -0.137. The molecule has 30 heavy (non-hydrogen) atoms. The summed E-state index contributed by atoms with van der Waals surface area (Å²) in [5, 5.41) is 0. The quantitative estimate of drug-likeness (QED) is 0.674. The van der Waals surface area contributed by atoms with Gasteiger partial charge in [0.05, 0.1) is 5.56 Å². The number of halogens is 3. The Morgan fingerprint density at radius 2 is 1.90 bits per heavy atom. The van der Waals surface area contributed by atoms with Crippen LogP contribution in [0.4, 0.5) is 19.1 Å². The number of imidazole rings is 1. The van der Waals surface area contributed by atoms with E-state index in [2.05, 4.69) is 4.98 Å². The van der Waals surface area contributed by atoms with Crippen LogP contribution in [0.5, 0.6) is 0 Å². The molecule has 1 unspecified atom stereocenters. The molecule has 1 aliphatic heterocycles. The van der Waals surface area contributed by atoms with Crippen molar-refractivity contribution in [3.8, 4) is 5.69 Å². The number of hydrogen-bond acceptors (Lipinski definition) is 5. The molecule has 1 saturated heterocycles. The van der Waals surface area contributed by atoms with Crippen LogP contribution >= 0.6 is 0 Å². The highest BCUT2D eigenvalue weighted by Gasteiger charge is 2.32. The first-order valence-electron chi connectivity index (χ1n) is 9.46. The summed E-state index contributed by atoms with van der Waals surface area (Å²) in [5.41, 5.74) is 4.32. The minimum Gasteiger partial charge on any atom is -0.340 e. The van der Waals surface area contributed by atoms with Gasteiger partial charge in [-0.3, -0.25) is 18.5 Å². The van der Waals surface area contributed by atoms with Crippen LogP contribution in [-0.2, 0) is 20.3 Å². The van der Waals surface area contributed by atoms with Gasteiger partial charge in [0.2, 0.25) is 5.95 Å². The van der Waals surface area contributed by atoms with Gasteiger partial charge in [-0.05, 0) is 31.0 Å². The molecule has 160 valence electrons. The largest absolute Gasteiger partial charge is 0.416 e. The smallest absolute Gasteiger partial charge is 0.340 e. The molecule has 0 saturated carbocycles. The monoisotopic (exact) mass is 422 g/mol. The average Bonchev–Trinajstić information content (AvgIpc) is 3.11. The van der Waals surface area contributed by atoms with Crippen molar-refractivity contribution >= 4 is 17.1 Å². The van der Waals surface area contributed by atoms with Gasteiger partial charge in [0, 0.05) is 38.9 Å². The standard InChI is InChI=1S/C19H21F3N6O2/c1-25-15-14(16(29)26(2)18(25)30)28(13-7-3-5-11(9-13)19(20,21)22)17(24-15)27-8-4-6-12(23)10-27/h3,5,7,9,12H,4,6,8,10,23H2,1-2H3. The predicted octanol–water partition coefficient (Wildman–Crippen LogP) is 1.37. The van der Waals surface area contributed by atoms with Crippen LogP contribution in [0.1, 0.15) is 18.4 Å². The van der Waals surface area contributed by atoms with Crippen molar-refractivity contribution < 1.29 is 13.2 Å². The van der Waals surface area contributed by atoms with E-state index < -0.39 is 23.0 Å². The highest BCUT2D eigenvalue weighted by atomic mass is 19.4. The summed E-state index contributed by atoms with van der Waals surface area (Å²) >= 11 is 0. The number of nitrogens with two attached hydrogens (primary N) is 1. The lowest BCUT2D eigenvalue weighted by atomic mass is 10.1. The molecular weight excluding hydrogens is 401 g/mol. The van der Waals surface area contributed by atoms with E-state index in [1.807, 2.05) is 4.90 Å². The number of alkyl halides is 3. The number of aromatic nitrogens is 4. The van der Waals surface area contributed by atoms with Crippen LogP contribution in [0.2, 0.25) is 0 Å². The summed E-state index contributed by atoms with van der Waals surface area (Å²) in [5.74, 6) is 0.290. The molecule has 1 atom stereocenters. The second kappa shape index (κ2) is 7.01. The van der Waals surface area contributed by atoms with Gasteiger partial charge < -0.3 is 10.6 Å². The van der Waals surface area contributed by atoms with Crippen molar-refractivity contribution in [2.75, 3.05) is 18.0 Å². The first-order valence-corrected chi connectivity index (χ1v) is 9.46. The number of anilines is 1. The van der Waals surface area contributed by atoms with Crippen molar-refractivity contribution in [1.29, 1.82) is 0 Å². The zero-order chi connectivity index (χ0) is 21.8. The molecule has 3 heterocycles. The zero-order valence-corrected chi connectivity index (χ0v) is 16.5. The number of benzene rings is 1. The minimum atomic E-state index is -4.54. The second-order valence-corrected chi connectivity index (χ2v) is 7.52. The van der Waals surface area contributed by atoms with E-state index in [4.69, 9.17) is 5.73 Å². The van der Waals surface area contributed by atoms with Gasteiger partial charge in [0.15, 0.2) is 11.2 Å². The number of rotatable bonds is 2. The number of fused-ring (bicyclic) bond motifs is 1. The Labute approximate surface area is 169 Å². The molecule has 1 fully saturated rings. The van der Waals surface area contributed by atoms with E-state index in [1.165, 1.54) is 35.4 Å². The maximum Gasteiger partial charge on any atom is 0.416 e. The third-order valence-electron chi connectivity index (χ3n) is 5.41. The molecule has 0 radical (unpaired) electrons. The van der Waals surface area contributed by atoms with Gasteiger partial charge in [0.25, 0.3) is 5.56 Å². The predicted molar refractivity (Wildman–Crippen MR) is 106 cm³/mol. The normalized spacial score (nSPS) is 17.7. The summed E-state index contributed by atoms with van der Waals surface area (Å²) < 4.78 is 43.5. The fourth-order valence-corrected chi connectivity index (χ4v) is 3.85. The Bertz CT molecular complexity index is 1240. The molecule has 0 bridgehead atoms. The van der Waals surface area contributed by atoms with Crippen LogP contribution in [0.3, 0.4) is 0 Å². The SMILES string of the molecule is Cn1c(=O)c2c(nc(N3CCCC(N)C3)n2-c2cccc(C(F)(F)F)c2)n(C)c1=O. The number of piperidine rings is 1. The Morgan fingerprint density at radius 3 is 2.57 bits per heavy atom. The van der Waals surface area contributed by atoms with Gasteiger partial charge in [-0.15, -0.1) is 0 Å². The summed E-state index contributed by atoms with van der Waals surface area (Å²) in [4.78, 5) is 31.7. The van der Waals surface area contributed by atoms with Gasteiger partial charge >= 0.3 is 11.9 Å². The lowest BCUT2D eigenvalue weighted by Crippen LogP contribution is -2.44. The summed E-state index contributed by atoms with van der Waals surface area (Å²) in [6, 6.07) is 4.57. The Kier molecular flexibility index (Phi) is 4.72. The van der Waals surface area contributed by atoms with Crippen LogP contribution in [0.15, 0.2) is 33.9 Å². The molecule has 4 rings (SSSR count).